The van der Waals surface area contributed by atoms with Gasteiger partial charge in [0.2, 0.25) is 0 Å². The zero-order valence-electron chi connectivity index (χ0n) is 16.0. The Bertz CT molecular complexity index is 1180. The Labute approximate surface area is 178 Å². The summed E-state index contributed by atoms with van der Waals surface area (Å²) in [4.78, 5) is 22.4. The number of fused-ring (bicyclic) bond motifs is 1. The second kappa shape index (κ2) is 8.17. The van der Waals surface area contributed by atoms with Crippen molar-refractivity contribution in [1.82, 2.24) is 30.2 Å². The van der Waals surface area contributed by atoms with Gasteiger partial charge in [-0.25, -0.2) is 19.9 Å². The predicted octanol–water partition coefficient (Wildman–Crippen LogP) is 3.65. The summed E-state index contributed by atoms with van der Waals surface area (Å²) in [5.41, 5.74) is 1.64. The number of aromatic nitrogens is 5. The Kier molecular flexibility index (Phi) is 5.08. The molecule has 0 aliphatic carbocycles. The van der Waals surface area contributed by atoms with Gasteiger partial charge in [-0.3, -0.25) is 4.98 Å². The van der Waals surface area contributed by atoms with Crippen molar-refractivity contribution in [2.24, 2.45) is 0 Å². The van der Waals surface area contributed by atoms with Crippen LogP contribution < -0.4 is 16.0 Å². The van der Waals surface area contributed by atoms with Gasteiger partial charge in [0.25, 0.3) is 0 Å². The first-order chi connectivity index (χ1) is 14.7. The molecule has 0 radical (unpaired) electrons. The van der Waals surface area contributed by atoms with Gasteiger partial charge in [0.15, 0.2) is 5.82 Å². The summed E-state index contributed by atoms with van der Waals surface area (Å²) in [5, 5.41) is 11.6. The van der Waals surface area contributed by atoms with Crippen LogP contribution in [0.3, 0.4) is 0 Å². The maximum absolute atomic E-state index is 5.91. The number of rotatable bonds is 5. The molecule has 3 N–H and O–H groups in total. The van der Waals surface area contributed by atoms with Crippen molar-refractivity contribution >= 4 is 40.0 Å². The molecule has 4 aromatic rings. The van der Waals surface area contributed by atoms with Crippen LogP contribution in [-0.4, -0.2) is 44.1 Å². The Morgan fingerprint density at radius 3 is 2.80 bits per heavy atom. The van der Waals surface area contributed by atoms with Crippen LogP contribution in [0.5, 0.6) is 0 Å². The quantitative estimate of drug-likeness (QED) is 0.451. The van der Waals surface area contributed by atoms with Crippen molar-refractivity contribution in [2.45, 2.75) is 12.5 Å². The van der Waals surface area contributed by atoms with Gasteiger partial charge in [-0.15, -0.1) is 0 Å². The molecule has 30 heavy (non-hydrogen) atoms. The van der Waals surface area contributed by atoms with E-state index in [0.717, 1.165) is 41.8 Å². The third-order valence-corrected chi connectivity index (χ3v) is 5.13. The minimum Gasteiger partial charge on any atom is -0.365 e. The number of pyridine rings is 3. The number of hydrogen-bond acceptors (Lipinski definition) is 8. The zero-order valence-corrected chi connectivity index (χ0v) is 16.8. The van der Waals surface area contributed by atoms with Crippen LogP contribution >= 0.6 is 11.6 Å². The van der Waals surface area contributed by atoms with Gasteiger partial charge in [0.1, 0.15) is 17.5 Å². The van der Waals surface area contributed by atoms with Gasteiger partial charge in [0.05, 0.1) is 16.7 Å². The lowest BCUT2D eigenvalue weighted by atomic mass is 10.2. The maximum Gasteiger partial charge on any atom is 0.162 e. The molecule has 9 heteroatoms. The molecule has 0 bridgehead atoms. The smallest absolute Gasteiger partial charge is 0.162 e. The Morgan fingerprint density at radius 1 is 1.00 bits per heavy atom. The lowest BCUT2D eigenvalue weighted by Gasteiger charge is -2.15. The van der Waals surface area contributed by atoms with Crippen LogP contribution in [0.2, 0.25) is 5.02 Å². The Morgan fingerprint density at radius 2 is 1.97 bits per heavy atom. The highest BCUT2D eigenvalue weighted by atomic mass is 35.5. The van der Waals surface area contributed by atoms with E-state index in [2.05, 4.69) is 30.9 Å². The van der Waals surface area contributed by atoms with E-state index < -0.39 is 0 Å². The molecule has 1 saturated heterocycles. The molecule has 0 saturated carbocycles. The van der Waals surface area contributed by atoms with E-state index in [0.29, 0.717) is 28.5 Å². The number of nitrogens with zero attached hydrogens (tertiary/aromatic N) is 5. The molecular formula is C21H19ClN8. The molecule has 1 aliphatic rings. The lowest BCUT2D eigenvalue weighted by molar-refractivity contribution is 0.789. The van der Waals surface area contributed by atoms with Crippen molar-refractivity contribution in [3.05, 3.63) is 60.1 Å². The van der Waals surface area contributed by atoms with Gasteiger partial charge >= 0.3 is 0 Å². The summed E-state index contributed by atoms with van der Waals surface area (Å²) in [6.45, 7) is 1.93. The second-order valence-electron chi connectivity index (χ2n) is 7.04. The van der Waals surface area contributed by atoms with Crippen LogP contribution in [-0.2, 0) is 0 Å². The maximum atomic E-state index is 5.91. The topological polar surface area (TPSA) is 101 Å². The molecule has 0 aromatic carbocycles. The molecule has 1 unspecified atom stereocenters. The minimum absolute atomic E-state index is 0.342. The van der Waals surface area contributed by atoms with Gasteiger partial charge in [0, 0.05) is 42.1 Å². The largest absolute Gasteiger partial charge is 0.365 e. The lowest BCUT2D eigenvalue weighted by Crippen LogP contribution is -2.23. The molecule has 1 atom stereocenters. The molecule has 5 rings (SSSR count). The number of nitrogens with one attached hydrogen (secondary N) is 3. The fraction of sp³-hybridized carbons (Fsp3) is 0.190. The summed E-state index contributed by atoms with van der Waals surface area (Å²) < 4.78 is 0. The first-order valence-electron chi connectivity index (χ1n) is 9.69. The van der Waals surface area contributed by atoms with Crippen molar-refractivity contribution in [3.8, 4) is 11.4 Å². The first-order valence-corrected chi connectivity index (χ1v) is 10.1. The van der Waals surface area contributed by atoms with Crippen LogP contribution in [0.4, 0.5) is 17.5 Å². The molecule has 1 fully saturated rings. The molecule has 0 spiro atoms. The van der Waals surface area contributed by atoms with Crippen molar-refractivity contribution < 1.29 is 0 Å². The van der Waals surface area contributed by atoms with Crippen molar-refractivity contribution in [1.29, 1.82) is 0 Å². The molecule has 0 amide bonds. The highest BCUT2D eigenvalue weighted by Crippen LogP contribution is 2.27. The van der Waals surface area contributed by atoms with E-state index in [4.69, 9.17) is 21.6 Å². The van der Waals surface area contributed by atoms with Gasteiger partial charge in [-0.1, -0.05) is 11.6 Å². The molecular weight excluding hydrogens is 400 g/mol. The molecule has 5 heterocycles. The zero-order chi connectivity index (χ0) is 20.3. The number of hydrogen-bond donors (Lipinski definition) is 3. The summed E-state index contributed by atoms with van der Waals surface area (Å²) in [5.74, 6) is 2.73. The van der Waals surface area contributed by atoms with Crippen molar-refractivity contribution in [2.75, 3.05) is 23.7 Å². The fourth-order valence-electron chi connectivity index (χ4n) is 3.41. The molecule has 150 valence electrons. The summed E-state index contributed by atoms with van der Waals surface area (Å²) in [7, 11) is 0. The van der Waals surface area contributed by atoms with E-state index in [1.54, 1.807) is 36.9 Å². The monoisotopic (exact) mass is 418 g/mol. The highest BCUT2D eigenvalue weighted by molar-refractivity contribution is 6.30. The van der Waals surface area contributed by atoms with E-state index in [-0.39, 0.29) is 0 Å². The summed E-state index contributed by atoms with van der Waals surface area (Å²) in [6, 6.07) is 9.64. The second-order valence-corrected chi connectivity index (χ2v) is 7.48. The third-order valence-electron chi connectivity index (χ3n) is 4.90. The SMILES string of the molecule is Clc1ccc(Nc2cc(-c3nc(NC4CCNC4)c4ccncc4n3)ccn2)nc1. The average Bonchev–Trinajstić information content (AvgIpc) is 3.29. The van der Waals surface area contributed by atoms with E-state index >= 15 is 0 Å². The molecule has 1 aliphatic heterocycles. The summed E-state index contributed by atoms with van der Waals surface area (Å²) in [6.07, 6.45) is 7.89. The minimum atomic E-state index is 0.342. The van der Waals surface area contributed by atoms with Crippen LogP contribution in [0.1, 0.15) is 6.42 Å². The van der Waals surface area contributed by atoms with Crippen molar-refractivity contribution in [3.63, 3.8) is 0 Å². The first kappa shape index (κ1) is 18.7. The average molecular weight is 419 g/mol. The molecule has 8 nitrogen and oxygen atoms in total. The summed E-state index contributed by atoms with van der Waals surface area (Å²) >= 11 is 5.91. The van der Waals surface area contributed by atoms with E-state index in [1.165, 1.54) is 0 Å². The molecule has 4 aromatic heterocycles. The normalized spacial score (nSPS) is 16.0. The number of anilines is 3. The van der Waals surface area contributed by atoms with Gasteiger partial charge in [-0.2, -0.15) is 0 Å². The number of halogens is 1. The Balaban J connectivity index is 1.50. The van der Waals surface area contributed by atoms with E-state index in [9.17, 15) is 0 Å². The van der Waals surface area contributed by atoms with Crippen LogP contribution in [0, 0.1) is 0 Å². The van der Waals surface area contributed by atoms with Crippen LogP contribution in [0.15, 0.2) is 55.1 Å². The van der Waals surface area contributed by atoms with Gasteiger partial charge < -0.3 is 16.0 Å². The van der Waals surface area contributed by atoms with Crippen LogP contribution in [0.25, 0.3) is 22.3 Å². The van der Waals surface area contributed by atoms with E-state index in [1.807, 2.05) is 18.2 Å². The Hall–Kier alpha value is -3.36. The standard InChI is InChI=1S/C21H19ClN8/c22-14-1-2-18(26-10-14)29-19-9-13(3-8-25-19)20-28-17-12-24-7-5-16(17)21(30-20)27-15-4-6-23-11-15/h1-3,5,7-10,12,15,23H,4,6,11H2,(H,25,26,29)(H,27,28,30). The fourth-order valence-corrected chi connectivity index (χ4v) is 3.52. The third kappa shape index (κ3) is 4.00. The van der Waals surface area contributed by atoms with Gasteiger partial charge in [-0.05, 0) is 43.3 Å². The highest BCUT2D eigenvalue weighted by Gasteiger charge is 2.17. The predicted molar refractivity (Wildman–Crippen MR) is 118 cm³/mol.